The lowest BCUT2D eigenvalue weighted by molar-refractivity contribution is 0.453. The first-order valence-electron chi connectivity index (χ1n) is 2.80. The first kappa shape index (κ1) is 5.22. The van der Waals surface area contributed by atoms with E-state index in [9.17, 15) is 4.79 Å². The summed E-state index contributed by atoms with van der Waals surface area (Å²) < 4.78 is 4.65. The van der Waals surface area contributed by atoms with Crippen LogP contribution in [0.25, 0.3) is 11.0 Å². The summed E-state index contributed by atoms with van der Waals surface area (Å²) in [5.74, 6) is 0. The van der Waals surface area contributed by atoms with Crippen LogP contribution in [-0.4, -0.2) is 10.1 Å². The zero-order valence-corrected chi connectivity index (χ0v) is 5.00. The molecule has 0 amide bonds. The molecule has 10 heavy (non-hydrogen) atoms. The van der Waals surface area contributed by atoms with E-state index in [1.165, 1.54) is 6.20 Å². The summed E-state index contributed by atoms with van der Waals surface area (Å²) >= 11 is 0. The lowest BCUT2D eigenvalue weighted by atomic mass is 10.3. The fourth-order valence-electron chi connectivity index (χ4n) is 0.811. The van der Waals surface area contributed by atoms with Gasteiger partial charge in [-0.3, -0.25) is 4.79 Å². The van der Waals surface area contributed by atoms with Crippen LogP contribution in [-0.2, 0) is 0 Å². The highest BCUT2D eigenvalue weighted by Gasteiger charge is 1.99. The summed E-state index contributed by atoms with van der Waals surface area (Å²) in [5.41, 5.74) is 0.0394. The Morgan fingerprint density at radius 2 is 2.50 bits per heavy atom. The summed E-state index contributed by atoms with van der Waals surface area (Å²) in [6.45, 7) is 0. The lowest BCUT2D eigenvalue weighted by Gasteiger charge is -1.80. The van der Waals surface area contributed by atoms with Gasteiger partial charge in [0.05, 0.1) is 6.20 Å². The van der Waals surface area contributed by atoms with Gasteiger partial charge in [-0.15, -0.1) is 0 Å². The van der Waals surface area contributed by atoms with Crippen molar-refractivity contribution in [2.75, 3.05) is 0 Å². The standard InChI is InChI=1S/C6H4N2O2/c9-6-5-4(1-2-7-6)3-8-10-5/h1-3H,(H,7,9). The summed E-state index contributed by atoms with van der Waals surface area (Å²) in [4.78, 5) is 13.3. The topological polar surface area (TPSA) is 58.9 Å². The molecular weight excluding hydrogens is 132 g/mol. The first-order chi connectivity index (χ1) is 4.88. The summed E-state index contributed by atoms with van der Waals surface area (Å²) in [5, 5.41) is 4.19. The van der Waals surface area contributed by atoms with Gasteiger partial charge in [0.2, 0.25) is 5.58 Å². The average molecular weight is 136 g/mol. The zero-order chi connectivity index (χ0) is 6.97. The van der Waals surface area contributed by atoms with Crippen molar-refractivity contribution in [3.8, 4) is 0 Å². The molecule has 0 saturated heterocycles. The SMILES string of the molecule is O=c1[nH]ccc2cnoc12. The van der Waals surface area contributed by atoms with Crippen molar-refractivity contribution in [2.24, 2.45) is 0 Å². The maximum Gasteiger partial charge on any atom is 0.294 e. The van der Waals surface area contributed by atoms with Crippen molar-refractivity contribution in [3.63, 3.8) is 0 Å². The fourth-order valence-corrected chi connectivity index (χ4v) is 0.811. The maximum absolute atomic E-state index is 10.9. The number of nitrogens with zero attached hydrogens (tertiary/aromatic N) is 1. The minimum atomic E-state index is -0.241. The third-order valence-corrected chi connectivity index (χ3v) is 1.28. The van der Waals surface area contributed by atoms with E-state index in [-0.39, 0.29) is 11.1 Å². The first-order valence-corrected chi connectivity index (χ1v) is 2.80. The third kappa shape index (κ3) is 0.556. The minimum Gasteiger partial charge on any atom is -0.350 e. The number of aromatic amines is 1. The highest BCUT2D eigenvalue weighted by Crippen LogP contribution is 2.04. The van der Waals surface area contributed by atoms with E-state index in [1.807, 2.05) is 0 Å². The summed E-state index contributed by atoms with van der Waals surface area (Å²) in [6, 6.07) is 1.73. The predicted molar refractivity (Wildman–Crippen MR) is 34.6 cm³/mol. The van der Waals surface area contributed by atoms with Crippen LogP contribution in [0.15, 0.2) is 27.8 Å². The number of hydrogen-bond donors (Lipinski definition) is 1. The Kier molecular flexibility index (Phi) is 0.887. The Morgan fingerprint density at radius 3 is 3.30 bits per heavy atom. The lowest BCUT2D eigenvalue weighted by Crippen LogP contribution is -2.01. The van der Waals surface area contributed by atoms with E-state index in [4.69, 9.17) is 0 Å². The quantitative estimate of drug-likeness (QED) is 0.574. The molecule has 0 saturated carbocycles. The van der Waals surface area contributed by atoms with E-state index in [0.29, 0.717) is 0 Å². The molecule has 4 heteroatoms. The molecule has 0 aliphatic carbocycles. The number of hydrogen-bond acceptors (Lipinski definition) is 3. The molecule has 0 fully saturated rings. The van der Waals surface area contributed by atoms with E-state index in [1.54, 1.807) is 12.3 Å². The van der Waals surface area contributed by atoms with Gasteiger partial charge in [0.1, 0.15) is 0 Å². The molecule has 0 aliphatic heterocycles. The molecule has 0 atom stereocenters. The number of aromatic nitrogens is 2. The molecule has 0 radical (unpaired) electrons. The summed E-state index contributed by atoms with van der Waals surface area (Å²) in [6.07, 6.45) is 3.06. The van der Waals surface area contributed by atoms with Crippen LogP contribution in [0.4, 0.5) is 0 Å². The van der Waals surface area contributed by atoms with Crippen LogP contribution < -0.4 is 5.56 Å². The van der Waals surface area contributed by atoms with E-state index < -0.39 is 0 Å². The second kappa shape index (κ2) is 1.70. The molecule has 50 valence electrons. The maximum atomic E-state index is 10.9. The van der Waals surface area contributed by atoms with Gasteiger partial charge in [0.25, 0.3) is 5.56 Å². The van der Waals surface area contributed by atoms with E-state index >= 15 is 0 Å². The molecular formula is C6H4N2O2. The van der Waals surface area contributed by atoms with Crippen molar-refractivity contribution >= 4 is 11.0 Å². The molecule has 2 rings (SSSR count). The van der Waals surface area contributed by atoms with Gasteiger partial charge in [-0.1, -0.05) is 5.16 Å². The van der Waals surface area contributed by atoms with Gasteiger partial charge in [0.15, 0.2) is 0 Å². The molecule has 0 unspecified atom stereocenters. The molecule has 4 nitrogen and oxygen atoms in total. The normalized spacial score (nSPS) is 10.4. The van der Waals surface area contributed by atoms with Gasteiger partial charge >= 0.3 is 0 Å². The molecule has 2 aromatic heterocycles. The molecule has 0 aliphatic rings. The Morgan fingerprint density at radius 1 is 1.60 bits per heavy atom. The average Bonchev–Trinajstić information content (AvgIpc) is 2.36. The third-order valence-electron chi connectivity index (χ3n) is 1.28. The predicted octanol–water partition coefficient (Wildman–Crippen LogP) is 0.516. The molecule has 0 spiro atoms. The monoisotopic (exact) mass is 136 g/mol. The van der Waals surface area contributed by atoms with Crippen molar-refractivity contribution in [3.05, 3.63) is 28.8 Å². The summed E-state index contributed by atoms with van der Waals surface area (Å²) in [7, 11) is 0. The van der Waals surface area contributed by atoms with Gasteiger partial charge in [-0.2, -0.15) is 0 Å². The van der Waals surface area contributed by atoms with Crippen molar-refractivity contribution < 1.29 is 4.52 Å². The molecule has 2 heterocycles. The second-order valence-corrected chi connectivity index (χ2v) is 1.92. The number of rotatable bonds is 0. The van der Waals surface area contributed by atoms with Gasteiger partial charge in [-0.25, -0.2) is 0 Å². The molecule has 0 aromatic carbocycles. The van der Waals surface area contributed by atoms with Crippen LogP contribution in [0.1, 0.15) is 0 Å². The van der Waals surface area contributed by atoms with Gasteiger partial charge in [0, 0.05) is 11.6 Å². The minimum absolute atomic E-state index is 0.241. The highest BCUT2D eigenvalue weighted by atomic mass is 16.5. The van der Waals surface area contributed by atoms with Gasteiger partial charge < -0.3 is 9.51 Å². The van der Waals surface area contributed by atoms with E-state index in [0.717, 1.165) is 5.39 Å². The Labute approximate surface area is 55.5 Å². The van der Waals surface area contributed by atoms with Crippen LogP contribution in [0.2, 0.25) is 0 Å². The smallest absolute Gasteiger partial charge is 0.294 e. The van der Waals surface area contributed by atoms with Crippen LogP contribution in [0.5, 0.6) is 0 Å². The van der Waals surface area contributed by atoms with Gasteiger partial charge in [-0.05, 0) is 6.07 Å². The Bertz CT molecular complexity index is 401. The largest absolute Gasteiger partial charge is 0.350 e. The van der Waals surface area contributed by atoms with Crippen LogP contribution in [0.3, 0.4) is 0 Å². The molecule has 1 N–H and O–H groups in total. The number of H-pyrrole nitrogens is 1. The number of nitrogens with one attached hydrogen (secondary N) is 1. The van der Waals surface area contributed by atoms with Crippen molar-refractivity contribution in [2.45, 2.75) is 0 Å². The highest BCUT2D eigenvalue weighted by molar-refractivity contribution is 5.73. The Hall–Kier alpha value is -1.58. The van der Waals surface area contributed by atoms with Crippen LogP contribution in [0, 0.1) is 0 Å². The number of pyridine rings is 1. The number of fused-ring (bicyclic) bond motifs is 1. The fraction of sp³-hybridized carbons (Fsp3) is 0. The van der Waals surface area contributed by atoms with Crippen molar-refractivity contribution in [1.29, 1.82) is 0 Å². The zero-order valence-electron chi connectivity index (χ0n) is 5.00. The van der Waals surface area contributed by atoms with Crippen LogP contribution >= 0.6 is 0 Å². The second-order valence-electron chi connectivity index (χ2n) is 1.92. The Balaban J connectivity index is 3.09. The van der Waals surface area contributed by atoms with Crippen molar-refractivity contribution in [1.82, 2.24) is 10.1 Å². The molecule has 0 bridgehead atoms. The van der Waals surface area contributed by atoms with E-state index in [2.05, 4.69) is 14.7 Å². The molecule has 2 aromatic rings.